The second-order valence-electron chi connectivity index (χ2n) is 5.72. The topological polar surface area (TPSA) is 76.9 Å². The Morgan fingerprint density at radius 1 is 1.09 bits per heavy atom. The summed E-state index contributed by atoms with van der Waals surface area (Å²) in [5, 5.41) is 1.49. The second-order valence-corrected chi connectivity index (χ2v) is 5.72. The summed E-state index contributed by atoms with van der Waals surface area (Å²) in [6.45, 7) is 2.48. The van der Waals surface area contributed by atoms with E-state index in [-0.39, 0.29) is 0 Å². The molecule has 0 saturated carbocycles. The Labute approximate surface area is 130 Å². The minimum atomic E-state index is -0.486. The molecule has 3 rings (SSSR count). The molecule has 5 nitrogen and oxygen atoms in total. The number of guanidine groups is 1. The number of hydrogen-bond acceptors (Lipinski definition) is 5. The summed E-state index contributed by atoms with van der Waals surface area (Å²) in [5.41, 5.74) is 15.2. The molecule has 0 spiro atoms. The fourth-order valence-electron chi connectivity index (χ4n) is 2.50. The Hall–Kier alpha value is -2.53. The van der Waals surface area contributed by atoms with Gasteiger partial charge in [0, 0.05) is 12.7 Å². The Morgan fingerprint density at radius 3 is 2.50 bits per heavy atom. The van der Waals surface area contributed by atoms with E-state index in [1.807, 2.05) is 43.3 Å². The van der Waals surface area contributed by atoms with E-state index in [1.54, 1.807) is 7.05 Å². The maximum atomic E-state index is 5.89. The second kappa shape index (κ2) is 5.35. The molecule has 0 aliphatic carbocycles. The SMILES string of the molecule is CN1OCC(C)(c2cccc(-c3ccc(N)cc3)c2)N=C1N. The number of hydroxylamine groups is 2. The van der Waals surface area contributed by atoms with Gasteiger partial charge in [0.2, 0.25) is 5.96 Å². The number of nitrogen functional groups attached to an aromatic ring is 1. The monoisotopic (exact) mass is 296 g/mol. The lowest BCUT2D eigenvalue weighted by molar-refractivity contribution is -0.113. The third kappa shape index (κ3) is 2.63. The van der Waals surface area contributed by atoms with Crippen LogP contribution in [0.1, 0.15) is 12.5 Å². The van der Waals surface area contributed by atoms with Crippen molar-refractivity contribution in [3.05, 3.63) is 54.1 Å². The number of hydrogen-bond donors (Lipinski definition) is 2. The van der Waals surface area contributed by atoms with Crippen LogP contribution >= 0.6 is 0 Å². The molecular weight excluding hydrogens is 276 g/mol. The van der Waals surface area contributed by atoms with Crippen molar-refractivity contribution in [1.29, 1.82) is 0 Å². The number of aliphatic imine (C=N–C) groups is 1. The van der Waals surface area contributed by atoms with E-state index in [4.69, 9.17) is 16.3 Å². The fraction of sp³-hybridized carbons (Fsp3) is 0.235. The summed E-state index contributed by atoms with van der Waals surface area (Å²) in [6.07, 6.45) is 0. The molecule has 0 bridgehead atoms. The molecule has 22 heavy (non-hydrogen) atoms. The van der Waals surface area contributed by atoms with Gasteiger partial charge in [0.25, 0.3) is 0 Å². The summed E-state index contributed by atoms with van der Waals surface area (Å²) in [7, 11) is 1.75. The van der Waals surface area contributed by atoms with E-state index < -0.39 is 5.54 Å². The van der Waals surface area contributed by atoms with E-state index in [0.717, 1.165) is 22.4 Å². The van der Waals surface area contributed by atoms with Crippen LogP contribution in [-0.4, -0.2) is 24.7 Å². The van der Waals surface area contributed by atoms with Crippen LogP contribution in [0.25, 0.3) is 11.1 Å². The lowest BCUT2D eigenvalue weighted by Gasteiger charge is -2.34. The summed E-state index contributed by atoms with van der Waals surface area (Å²) < 4.78 is 0. The zero-order valence-electron chi connectivity index (χ0n) is 12.8. The first-order valence-electron chi connectivity index (χ1n) is 7.16. The third-order valence-electron chi connectivity index (χ3n) is 3.95. The predicted octanol–water partition coefficient (Wildman–Crippen LogP) is 2.34. The van der Waals surface area contributed by atoms with E-state index in [0.29, 0.717) is 12.6 Å². The Kier molecular flexibility index (Phi) is 3.50. The summed E-state index contributed by atoms with van der Waals surface area (Å²) in [4.78, 5) is 10.2. The van der Waals surface area contributed by atoms with E-state index in [9.17, 15) is 0 Å². The first-order valence-corrected chi connectivity index (χ1v) is 7.16. The molecular formula is C17H20N4O. The smallest absolute Gasteiger partial charge is 0.216 e. The van der Waals surface area contributed by atoms with Gasteiger partial charge in [-0.15, -0.1) is 0 Å². The van der Waals surface area contributed by atoms with Crippen LogP contribution < -0.4 is 11.5 Å². The van der Waals surface area contributed by atoms with Gasteiger partial charge in [-0.2, -0.15) is 0 Å². The van der Waals surface area contributed by atoms with E-state index in [2.05, 4.69) is 17.1 Å². The summed E-state index contributed by atoms with van der Waals surface area (Å²) >= 11 is 0. The third-order valence-corrected chi connectivity index (χ3v) is 3.95. The van der Waals surface area contributed by atoms with Gasteiger partial charge < -0.3 is 11.5 Å². The van der Waals surface area contributed by atoms with Crippen molar-refractivity contribution in [1.82, 2.24) is 5.06 Å². The van der Waals surface area contributed by atoms with Crippen LogP contribution in [0, 0.1) is 0 Å². The largest absolute Gasteiger partial charge is 0.399 e. The molecule has 4 N–H and O–H groups in total. The summed E-state index contributed by atoms with van der Waals surface area (Å²) in [5.74, 6) is 0.381. The zero-order chi connectivity index (χ0) is 15.7. The predicted molar refractivity (Wildman–Crippen MR) is 89.0 cm³/mol. The number of benzene rings is 2. The number of rotatable bonds is 2. The lowest BCUT2D eigenvalue weighted by atomic mass is 9.90. The fourth-order valence-corrected chi connectivity index (χ4v) is 2.50. The van der Waals surface area contributed by atoms with E-state index >= 15 is 0 Å². The number of nitrogens with zero attached hydrogens (tertiary/aromatic N) is 2. The van der Waals surface area contributed by atoms with Gasteiger partial charge in [-0.1, -0.05) is 30.3 Å². The van der Waals surface area contributed by atoms with Crippen molar-refractivity contribution in [2.45, 2.75) is 12.5 Å². The molecule has 2 aromatic rings. The van der Waals surface area contributed by atoms with Gasteiger partial charge in [0.1, 0.15) is 12.1 Å². The average Bonchev–Trinajstić information content (AvgIpc) is 2.52. The molecule has 0 amide bonds. The maximum absolute atomic E-state index is 5.89. The lowest BCUT2D eigenvalue weighted by Crippen LogP contribution is -2.45. The molecule has 1 atom stereocenters. The molecule has 1 unspecified atom stereocenters. The van der Waals surface area contributed by atoms with Crippen LogP contribution in [0.2, 0.25) is 0 Å². The van der Waals surface area contributed by atoms with Crippen molar-refractivity contribution in [2.75, 3.05) is 19.4 Å². The molecule has 1 aliphatic rings. The Bertz CT molecular complexity index is 711. The molecule has 114 valence electrons. The standard InChI is InChI=1S/C17H20N4O/c1-17(11-22-21(2)16(19)20-17)14-5-3-4-13(10-14)12-6-8-15(18)9-7-12/h3-10H,11,18H2,1-2H3,(H2,19,20). The minimum absolute atomic E-state index is 0.381. The molecule has 5 heteroatoms. The van der Waals surface area contributed by atoms with Crippen LogP contribution in [0.15, 0.2) is 53.5 Å². The zero-order valence-corrected chi connectivity index (χ0v) is 12.8. The van der Waals surface area contributed by atoms with Crippen molar-refractivity contribution < 1.29 is 4.84 Å². The summed E-state index contributed by atoms with van der Waals surface area (Å²) in [6, 6.07) is 16.1. The van der Waals surface area contributed by atoms with E-state index in [1.165, 1.54) is 5.06 Å². The normalized spacial score (nSPS) is 21.5. The van der Waals surface area contributed by atoms with Crippen molar-refractivity contribution in [2.24, 2.45) is 10.7 Å². The highest BCUT2D eigenvalue weighted by Gasteiger charge is 2.32. The van der Waals surface area contributed by atoms with Crippen molar-refractivity contribution in [3.8, 4) is 11.1 Å². The highest BCUT2D eigenvalue weighted by atomic mass is 16.7. The molecule has 2 aromatic carbocycles. The highest BCUT2D eigenvalue weighted by Crippen LogP contribution is 2.32. The Morgan fingerprint density at radius 2 is 1.82 bits per heavy atom. The van der Waals surface area contributed by atoms with Crippen LogP contribution in [0.5, 0.6) is 0 Å². The Balaban J connectivity index is 1.99. The van der Waals surface area contributed by atoms with Crippen molar-refractivity contribution in [3.63, 3.8) is 0 Å². The van der Waals surface area contributed by atoms with Gasteiger partial charge in [-0.25, -0.2) is 10.1 Å². The molecule has 1 aliphatic heterocycles. The molecule has 0 radical (unpaired) electrons. The van der Waals surface area contributed by atoms with Crippen LogP contribution in [0.3, 0.4) is 0 Å². The van der Waals surface area contributed by atoms with Crippen LogP contribution in [-0.2, 0) is 10.4 Å². The highest BCUT2D eigenvalue weighted by molar-refractivity contribution is 5.78. The van der Waals surface area contributed by atoms with Gasteiger partial charge >= 0.3 is 0 Å². The maximum Gasteiger partial charge on any atom is 0.216 e. The van der Waals surface area contributed by atoms with Gasteiger partial charge in [0.15, 0.2) is 0 Å². The first-order chi connectivity index (χ1) is 10.5. The first kappa shape index (κ1) is 14.4. The molecule has 0 aromatic heterocycles. The molecule has 0 fully saturated rings. The minimum Gasteiger partial charge on any atom is -0.399 e. The van der Waals surface area contributed by atoms with Crippen LogP contribution in [0.4, 0.5) is 5.69 Å². The molecule has 1 heterocycles. The average molecular weight is 296 g/mol. The van der Waals surface area contributed by atoms with Gasteiger partial charge in [0.05, 0.1) is 0 Å². The van der Waals surface area contributed by atoms with Gasteiger partial charge in [-0.3, -0.25) is 4.84 Å². The number of anilines is 1. The quantitative estimate of drug-likeness (QED) is 0.834. The van der Waals surface area contributed by atoms with Crippen molar-refractivity contribution >= 4 is 11.6 Å². The molecule has 0 saturated heterocycles. The van der Waals surface area contributed by atoms with Gasteiger partial charge in [-0.05, 0) is 41.8 Å². The number of nitrogens with two attached hydrogens (primary N) is 2.